The summed E-state index contributed by atoms with van der Waals surface area (Å²) >= 11 is 0. The molecule has 0 aliphatic heterocycles. The summed E-state index contributed by atoms with van der Waals surface area (Å²) in [6.07, 6.45) is 1.47. The predicted octanol–water partition coefficient (Wildman–Crippen LogP) is 1.47. The fourth-order valence-corrected chi connectivity index (χ4v) is 1.52. The van der Waals surface area contributed by atoms with Crippen molar-refractivity contribution in [2.45, 2.75) is 25.7 Å². The molecule has 0 heterocycles. The van der Waals surface area contributed by atoms with Crippen LogP contribution in [0.15, 0.2) is 18.2 Å². The Morgan fingerprint density at radius 3 is 2.53 bits per heavy atom. The van der Waals surface area contributed by atoms with Gasteiger partial charge in [0.2, 0.25) is 5.91 Å². The average molecular weight is 209 g/mol. The molecule has 4 heteroatoms. The zero-order chi connectivity index (χ0) is 11.4. The molecule has 4 nitrogen and oxygen atoms in total. The van der Waals surface area contributed by atoms with Crippen molar-refractivity contribution in [1.29, 1.82) is 0 Å². The Morgan fingerprint density at radius 1 is 1.40 bits per heavy atom. The van der Waals surface area contributed by atoms with Crippen LogP contribution < -0.4 is 5.73 Å². The van der Waals surface area contributed by atoms with Gasteiger partial charge in [-0.3, -0.25) is 4.79 Å². The van der Waals surface area contributed by atoms with Crippen molar-refractivity contribution in [3.8, 4) is 11.5 Å². The van der Waals surface area contributed by atoms with Gasteiger partial charge in [0.1, 0.15) is 0 Å². The topological polar surface area (TPSA) is 83.6 Å². The normalized spacial score (nSPS) is 12.3. The number of hydrogen-bond acceptors (Lipinski definition) is 3. The van der Waals surface area contributed by atoms with Crippen molar-refractivity contribution >= 4 is 5.91 Å². The summed E-state index contributed by atoms with van der Waals surface area (Å²) in [5.74, 6) is -1.24. The van der Waals surface area contributed by atoms with Crippen LogP contribution in [-0.4, -0.2) is 16.1 Å². The highest BCUT2D eigenvalue weighted by Gasteiger charge is 2.17. The van der Waals surface area contributed by atoms with Crippen molar-refractivity contribution < 1.29 is 15.0 Å². The van der Waals surface area contributed by atoms with Crippen LogP contribution in [0.25, 0.3) is 0 Å². The van der Waals surface area contributed by atoms with E-state index in [0.717, 1.165) is 6.42 Å². The molecule has 0 saturated carbocycles. The zero-order valence-electron chi connectivity index (χ0n) is 8.60. The third-order valence-electron chi connectivity index (χ3n) is 2.32. The number of carbonyl (C=O) groups is 1. The third kappa shape index (κ3) is 2.62. The maximum absolute atomic E-state index is 11.2. The molecule has 0 aliphatic rings. The first-order valence-electron chi connectivity index (χ1n) is 4.87. The maximum atomic E-state index is 11.2. The quantitative estimate of drug-likeness (QED) is 0.656. The average Bonchev–Trinajstić information content (AvgIpc) is 2.18. The summed E-state index contributed by atoms with van der Waals surface area (Å²) in [5, 5.41) is 18.4. The van der Waals surface area contributed by atoms with Gasteiger partial charge < -0.3 is 15.9 Å². The number of amides is 1. The number of carbonyl (C=O) groups excluding carboxylic acids is 1. The van der Waals surface area contributed by atoms with E-state index in [-0.39, 0.29) is 11.5 Å². The molecular weight excluding hydrogens is 194 g/mol. The lowest BCUT2D eigenvalue weighted by atomic mass is 9.93. The first kappa shape index (κ1) is 11.4. The van der Waals surface area contributed by atoms with E-state index in [9.17, 15) is 9.90 Å². The van der Waals surface area contributed by atoms with Crippen molar-refractivity contribution in [3.05, 3.63) is 23.8 Å². The molecule has 1 amide bonds. The standard InChI is InChI=1S/C11H15NO3/c1-2-3-8(11(12)15)7-4-5-9(13)10(14)6-7/h4-6,8,13-14H,2-3H2,1H3,(H2,12,15). The van der Waals surface area contributed by atoms with E-state index in [4.69, 9.17) is 10.8 Å². The molecule has 0 saturated heterocycles. The van der Waals surface area contributed by atoms with Gasteiger partial charge >= 0.3 is 0 Å². The lowest BCUT2D eigenvalue weighted by molar-refractivity contribution is -0.119. The van der Waals surface area contributed by atoms with Crippen LogP contribution >= 0.6 is 0 Å². The van der Waals surface area contributed by atoms with Gasteiger partial charge in [-0.05, 0) is 24.1 Å². The highest BCUT2D eigenvalue weighted by molar-refractivity contribution is 5.82. The molecule has 1 aromatic carbocycles. The molecule has 1 atom stereocenters. The second-order valence-electron chi connectivity index (χ2n) is 3.49. The fourth-order valence-electron chi connectivity index (χ4n) is 1.52. The summed E-state index contributed by atoms with van der Waals surface area (Å²) < 4.78 is 0. The summed E-state index contributed by atoms with van der Waals surface area (Å²) in [6.45, 7) is 1.95. The molecule has 15 heavy (non-hydrogen) atoms. The minimum absolute atomic E-state index is 0.196. The molecule has 4 N–H and O–H groups in total. The monoisotopic (exact) mass is 209 g/mol. The van der Waals surface area contributed by atoms with Crippen molar-refractivity contribution in [2.75, 3.05) is 0 Å². The van der Waals surface area contributed by atoms with E-state index in [1.165, 1.54) is 12.1 Å². The van der Waals surface area contributed by atoms with Gasteiger partial charge in [-0.15, -0.1) is 0 Å². The van der Waals surface area contributed by atoms with Crippen LogP contribution in [0.4, 0.5) is 0 Å². The fraction of sp³-hybridized carbons (Fsp3) is 0.364. The number of benzene rings is 1. The Bertz CT molecular complexity index is 363. The highest BCUT2D eigenvalue weighted by Crippen LogP contribution is 2.30. The van der Waals surface area contributed by atoms with Crippen LogP contribution in [0, 0.1) is 0 Å². The van der Waals surface area contributed by atoms with E-state index in [2.05, 4.69) is 0 Å². The van der Waals surface area contributed by atoms with Gasteiger partial charge in [-0.1, -0.05) is 19.4 Å². The molecule has 1 rings (SSSR count). The second-order valence-corrected chi connectivity index (χ2v) is 3.49. The van der Waals surface area contributed by atoms with E-state index in [0.29, 0.717) is 12.0 Å². The first-order valence-corrected chi connectivity index (χ1v) is 4.87. The Morgan fingerprint density at radius 2 is 2.07 bits per heavy atom. The summed E-state index contributed by atoms with van der Waals surface area (Å²) in [5.41, 5.74) is 5.90. The Kier molecular flexibility index (Phi) is 3.55. The van der Waals surface area contributed by atoms with Crippen molar-refractivity contribution in [2.24, 2.45) is 5.73 Å². The van der Waals surface area contributed by atoms with Gasteiger partial charge in [-0.2, -0.15) is 0 Å². The zero-order valence-corrected chi connectivity index (χ0v) is 8.60. The van der Waals surface area contributed by atoms with Gasteiger partial charge in [0, 0.05) is 0 Å². The Hall–Kier alpha value is -1.71. The number of phenols is 2. The summed E-state index contributed by atoms with van der Waals surface area (Å²) in [7, 11) is 0. The Balaban J connectivity index is 3.01. The smallest absolute Gasteiger partial charge is 0.224 e. The number of aromatic hydroxyl groups is 2. The van der Waals surface area contributed by atoms with Crippen molar-refractivity contribution in [1.82, 2.24) is 0 Å². The molecule has 0 bridgehead atoms. The molecule has 0 fully saturated rings. The number of rotatable bonds is 4. The largest absolute Gasteiger partial charge is 0.504 e. The van der Waals surface area contributed by atoms with E-state index in [1.807, 2.05) is 6.92 Å². The molecule has 0 radical (unpaired) electrons. The molecule has 82 valence electrons. The van der Waals surface area contributed by atoms with Crippen LogP contribution in [0.2, 0.25) is 0 Å². The lowest BCUT2D eigenvalue weighted by Crippen LogP contribution is -2.21. The van der Waals surface area contributed by atoms with Gasteiger partial charge in [-0.25, -0.2) is 0 Å². The minimum Gasteiger partial charge on any atom is -0.504 e. The molecule has 0 aromatic heterocycles. The molecular formula is C11H15NO3. The highest BCUT2D eigenvalue weighted by atomic mass is 16.3. The molecule has 0 aliphatic carbocycles. The Labute approximate surface area is 88.3 Å². The van der Waals surface area contributed by atoms with Crippen LogP contribution in [0.3, 0.4) is 0 Å². The minimum atomic E-state index is -0.415. The lowest BCUT2D eigenvalue weighted by Gasteiger charge is -2.13. The van der Waals surface area contributed by atoms with Crippen LogP contribution in [0.5, 0.6) is 11.5 Å². The van der Waals surface area contributed by atoms with E-state index in [1.54, 1.807) is 6.07 Å². The second kappa shape index (κ2) is 4.68. The number of hydrogen-bond donors (Lipinski definition) is 3. The molecule has 1 aromatic rings. The van der Waals surface area contributed by atoms with Gasteiger partial charge in [0.15, 0.2) is 11.5 Å². The molecule has 1 unspecified atom stereocenters. The number of nitrogens with two attached hydrogens (primary N) is 1. The van der Waals surface area contributed by atoms with E-state index >= 15 is 0 Å². The predicted molar refractivity (Wildman–Crippen MR) is 56.6 cm³/mol. The summed E-state index contributed by atoms with van der Waals surface area (Å²) in [6, 6.07) is 4.33. The maximum Gasteiger partial charge on any atom is 0.224 e. The van der Waals surface area contributed by atoms with Crippen molar-refractivity contribution in [3.63, 3.8) is 0 Å². The SMILES string of the molecule is CCCC(C(N)=O)c1ccc(O)c(O)c1. The van der Waals surface area contributed by atoms with Crippen LogP contribution in [-0.2, 0) is 4.79 Å². The number of phenolic OH excluding ortho intramolecular Hbond substituents is 2. The third-order valence-corrected chi connectivity index (χ3v) is 2.32. The number of primary amides is 1. The van der Waals surface area contributed by atoms with Gasteiger partial charge in [0.05, 0.1) is 5.92 Å². The van der Waals surface area contributed by atoms with E-state index < -0.39 is 11.8 Å². The van der Waals surface area contributed by atoms with Crippen LogP contribution in [0.1, 0.15) is 31.2 Å². The summed E-state index contributed by atoms with van der Waals surface area (Å²) in [4.78, 5) is 11.2. The first-order chi connectivity index (χ1) is 7.06. The van der Waals surface area contributed by atoms with Gasteiger partial charge in [0.25, 0.3) is 0 Å². The molecule has 0 spiro atoms.